The first-order valence-corrected chi connectivity index (χ1v) is 19.3. The Hall–Kier alpha value is -5.56. The highest BCUT2D eigenvalue weighted by atomic mass is 16.3. The van der Waals surface area contributed by atoms with Crippen molar-refractivity contribution in [1.29, 1.82) is 0 Å². The monoisotopic (exact) mass is 718 g/mol. The second-order valence-corrected chi connectivity index (χ2v) is 14.3. The Labute approximate surface area is 319 Å². The van der Waals surface area contributed by atoms with Crippen molar-refractivity contribution < 1.29 is 20.4 Å². The number of anilines is 4. The van der Waals surface area contributed by atoms with Gasteiger partial charge in [0.05, 0.1) is 23.6 Å². The fraction of sp³-hybridized carbons (Fsp3) is 0.250. The molecule has 0 radical (unpaired) electrons. The molecule has 1 aliphatic rings. The predicted molar refractivity (Wildman–Crippen MR) is 221 cm³/mol. The smallest absolute Gasteiger partial charge is 0.121 e. The van der Waals surface area contributed by atoms with Gasteiger partial charge in [-0.25, -0.2) is 0 Å². The summed E-state index contributed by atoms with van der Waals surface area (Å²) in [4.78, 5) is 4.46. The molecule has 0 amide bonds. The molecule has 276 valence electrons. The van der Waals surface area contributed by atoms with Gasteiger partial charge < -0.3 is 30.2 Å². The van der Waals surface area contributed by atoms with Crippen LogP contribution in [0.2, 0.25) is 0 Å². The van der Waals surface area contributed by atoms with E-state index in [2.05, 4.69) is 72.2 Å². The van der Waals surface area contributed by atoms with Crippen molar-refractivity contribution in [3.8, 4) is 33.8 Å². The van der Waals surface area contributed by atoms with Crippen molar-refractivity contribution in [3.63, 3.8) is 0 Å². The molecule has 1 aliphatic carbocycles. The normalized spacial score (nSPS) is 17.9. The Bertz CT molecular complexity index is 2050. The summed E-state index contributed by atoms with van der Waals surface area (Å²) < 4.78 is 0. The molecule has 0 bridgehead atoms. The SMILES string of the molecule is CCCCN(CCCC)c1ccc(C2C(O)C(c3ccc(N(c4ccccc4-c4ccccc4)c4ccccc4-c4ccccc4)cc3O)C2O)c(O)c1. The van der Waals surface area contributed by atoms with Crippen LogP contribution in [0.4, 0.5) is 22.7 Å². The molecule has 0 saturated heterocycles. The summed E-state index contributed by atoms with van der Waals surface area (Å²) in [6.07, 6.45) is 2.29. The van der Waals surface area contributed by atoms with Gasteiger partial charge in [-0.05, 0) is 48.2 Å². The molecule has 6 aromatic carbocycles. The van der Waals surface area contributed by atoms with Crippen LogP contribution in [0.15, 0.2) is 146 Å². The summed E-state index contributed by atoms with van der Waals surface area (Å²) in [6.45, 7) is 6.17. The second-order valence-electron chi connectivity index (χ2n) is 14.3. The number of para-hydroxylation sites is 2. The molecule has 7 rings (SSSR count). The van der Waals surface area contributed by atoms with Crippen molar-refractivity contribution in [3.05, 3.63) is 157 Å². The van der Waals surface area contributed by atoms with Crippen LogP contribution >= 0.6 is 0 Å². The molecule has 1 fully saturated rings. The molecule has 6 heteroatoms. The third-order valence-electron chi connectivity index (χ3n) is 10.9. The van der Waals surface area contributed by atoms with Crippen molar-refractivity contribution >= 4 is 22.7 Å². The first-order valence-electron chi connectivity index (χ1n) is 19.3. The van der Waals surface area contributed by atoms with Gasteiger partial charge in [-0.3, -0.25) is 0 Å². The topological polar surface area (TPSA) is 87.4 Å². The van der Waals surface area contributed by atoms with E-state index in [0.29, 0.717) is 11.1 Å². The van der Waals surface area contributed by atoms with Crippen LogP contribution in [0.25, 0.3) is 22.3 Å². The number of phenolic OH excluding ortho intramolecular Hbond substituents is 2. The Balaban J connectivity index is 1.23. The lowest BCUT2D eigenvalue weighted by molar-refractivity contribution is -0.0797. The summed E-state index contributed by atoms with van der Waals surface area (Å²) in [6, 6.07) is 48.0. The average molecular weight is 719 g/mol. The number of aromatic hydroxyl groups is 2. The van der Waals surface area contributed by atoms with Crippen molar-refractivity contribution in [2.75, 3.05) is 22.9 Å². The number of unbranched alkanes of at least 4 members (excludes halogenated alkanes) is 2. The lowest BCUT2D eigenvalue weighted by Gasteiger charge is -2.47. The van der Waals surface area contributed by atoms with E-state index in [9.17, 15) is 20.4 Å². The zero-order chi connectivity index (χ0) is 37.6. The van der Waals surface area contributed by atoms with Gasteiger partial charge in [0, 0.05) is 70.7 Å². The standard InChI is InChI=1S/C48H50N2O4/c1-3-5-29-49(30-6-4-2)35-25-27-39(43(51)31-35)45-47(53)46(48(45)54)40-28-26-36(32-44(40)52)50(41-23-15-13-21-37(41)33-17-9-7-10-18-33)42-24-16-14-22-38(42)34-19-11-8-12-20-34/h7-28,31-32,45-48,51-54H,3-6,29-30H2,1-2H3. The largest absolute Gasteiger partial charge is 0.508 e. The molecule has 1 saturated carbocycles. The first-order chi connectivity index (χ1) is 26.4. The number of hydrogen-bond acceptors (Lipinski definition) is 6. The van der Waals surface area contributed by atoms with Gasteiger partial charge in [-0.1, -0.05) is 136 Å². The van der Waals surface area contributed by atoms with Crippen LogP contribution in [0.5, 0.6) is 11.5 Å². The Kier molecular flexibility index (Phi) is 11.3. The van der Waals surface area contributed by atoms with Gasteiger partial charge in [-0.2, -0.15) is 0 Å². The molecule has 0 aromatic heterocycles. The van der Waals surface area contributed by atoms with E-state index in [4.69, 9.17) is 0 Å². The predicted octanol–water partition coefficient (Wildman–Crippen LogP) is 10.9. The summed E-state index contributed by atoms with van der Waals surface area (Å²) in [5.74, 6) is -1.36. The number of phenols is 2. The maximum Gasteiger partial charge on any atom is 0.121 e. The van der Waals surface area contributed by atoms with E-state index in [-0.39, 0.29) is 11.5 Å². The molecule has 6 aromatic rings. The number of hydrogen-bond donors (Lipinski definition) is 4. The number of nitrogens with zero attached hydrogens (tertiary/aromatic N) is 2. The molecular formula is C48H50N2O4. The molecule has 6 nitrogen and oxygen atoms in total. The van der Waals surface area contributed by atoms with E-state index in [0.717, 1.165) is 83.8 Å². The first kappa shape index (κ1) is 36.8. The van der Waals surface area contributed by atoms with Gasteiger partial charge in [0.15, 0.2) is 0 Å². The minimum absolute atomic E-state index is 0.0181. The summed E-state index contributed by atoms with van der Waals surface area (Å²) in [5.41, 5.74) is 8.70. The van der Waals surface area contributed by atoms with Crippen LogP contribution in [0.1, 0.15) is 62.5 Å². The van der Waals surface area contributed by atoms with E-state index in [1.807, 2.05) is 84.9 Å². The highest BCUT2D eigenvalue weighted by Crippen LogP contribution is 2.53. The number of aliphatic hydroxyl groups excluding tert-OH is 2. The molecular weight excluding hydrogens is 669 g/mol. The highest BCUT2D eigenvalue weighted by molar-refractivity contribution is 5.93. The maximum atomic E-state index is 11.7. The molecule has 0 spiro atoms. The Morgan fingerprint density at radius 3 is 1.33 bits per heavy atom. The highest BCUT2D eigenvalue weighted by Gasteiger charge is 2.52. The van der Waals surface area contributed by atoms with Gasteiger partial charge in [0.2, 0.25) is 0 Å². The summed E-state index contributed by atoms with van der Waals surface area (Å²) >= 11 is 0. The zero-order valence-corrected chi connectivity index (χ0v) is 31.1. The van der Waals surface area contributed by atoms with Crippen molar-refractivity contribution in [2.45, 2.75) is 63.6 Å². The third kappa shape index (κ3) is 7.32. The minimum Gasteiger partial charge on any atom is -0.508 e. The molecule has 54 heavy (non-hydrogen) atoms. The van der Waals surface area contributed by atoms with Crippen LogP contribution in [0, 0.1) is 0 Å². The second kappa shape index (κ2) is 16.6. The minimum atomic E-state index is -1.00. The van der Waals surface area contributed by atoms with Gasteiger partial charge >= 0.3 is 0 Å². The number of rotatable bonds is 14. The fourth-order valence-corrected chi connectivity index (χ4v) is 7.94. The van der Waals surface area contributed by atoms with Gasteiger partial charge in [0.1, 0.15) is 11.5 Å². The lowest BCUT2D eigenvalue weighted by Crippen LogP contribution is -2.51. The zero-order valence-electron chi connectivity index (χ0n) is 31.1. The van der Waals surface area contributed by atoms with Gasteiger partial charge in [0.25, 0.3) is 0 Å². The van der Waals surface area contributed by atoms with Crippen LogP contribution in [-0.2, 0) is 0 Å². The number of aliphatic hydroxyl groups is 2. The van der Waals surface area contributed by atoms with Crippen LogP contribution in [0.3, 0.4) is 0 Å². The third-order valence-corrected chi connectivity index (χ3v) is 10.9. The van der Waals surface area contributed by atoms with Crippen LogP contribution < -0.4 is 9.80 Å². The van der Waals surface area contributed by atoms with Crippen LogP contribution in [-0.4, -0.2) is 45.7 Å². The Morgan fingerprint density at radius 1 is 0.481 bits per heavy atom. The van der Waals surface area contributed by atoms with E-state index in [1.54, 1.807) is 12.1 Å². The summed E-state index contributed by atoms with van der Waals surface area (Å²) in [5, 5.41) is 46.0. The van der Waals surface area contributed by atoms with Gasteiger partial charge in [-0.15, -0.1) is 0 Å². The number of benzene rings is 6. The quantitative estimate of drug-likeness (QED) is 0.0897. The van der Waals surface area contributed by atoms with E-state index < -0.39 is 24.0 Å². The summed E-state index contributed by atoms with van der Waals surface area (Å²) in [7, 11) is 0. The Morgan fingerprint density at radius 2 is 0.889 bits per heavy atom. The molecule has 0 heterocycles. The fourth-order valence-electron chi connectivity index (χ4n) is 7.94. The van der Waals surface area contributed by atoms with E-state index in [1.165, 1.54) is 0 Å². The lowest BCUT2D eigenvalue weighted by atomic mass is 9.63. The molecule has 0 aliphatic heterocycles. The molecule has 4 N–H and O–H groups in total. The molecule has 2 atom stereocenters. The van der Waals surface area contributed by atoms with E-state index >= 15 is 0 Å². The average Bonchev–Trinajstić information content (AvgIpc) is 3.21. The van der Waals surface area contributed by atoms with Crippen molar-refractivity contribution in [1.82, 2.24) is 0 Å². The maximum absolute atomic E-state index is 11.7. The molecule has 2 unspecified atom stereocenters. The van der Waals surface area contributed by atoms with Crippen molar-refractivity contribution in [2.24, 2.45) is 0 Å².